The van der Waals surface area contributed by atoms with Gasteiger partial charge in [-0.15, -0.1) is 0 Å². The molecular weight excluding hydrogens is 700 g/mol. The molecule has 2 heterocycles. The van der Waals surface area contributed by atoms with Crippen molar-refractivity contribution in [1.82, 2.24) is 20.6 Å². The number of ether oxygens (including phenoxy) is 3. The highest BCUT2D eigenvalue weighted by atomic mass is 16.5. The Morgan fingerprint density at radius 2 is 1.09 bits per heavy atom. The SMILES string of the molecule is CCOC(=O)CCCCC(NC(=O)OC)C(=O)Nc1cccc2cccnc12.COC(=O)NC(CCCCC(=O)O)C(=O)Nc1cccc2cccnc12. The first-order chi connectivity index (χ1) is 26.1. The van der Waals surface area contributed by atoms with Crippen molar-refractivity contribution in [1.29, 1.82) is 0 Å². The van der Waals surface area contributed by atoms with Gasteiger partial charge in [-0.2, -0.15) is 0 Å². The van der Waals surface area contributed by atoms with Gasteiger partial charge in [0.2, 0.25) is 11.8 Å². The van der Waals surface area contributed by atoms with Crippen LogP contribution < -0.4 is 21.3 Å². The molecule has 0 bridgehead atoms. The van der Waals surface area contributed by atoms with Crippen molar-refractivity contribution in [2.24, 2.45) is 0 Å². The van der Waals surface area contributed by atoms with E-state index in [-0.39, 0.29) is 24.7 Å². The molecule has 5 N–H and O–H groups in total. The lowest BCUT2D eigenvalue weighted by atomic mass is 10.1. The number of amides is 4. The minimum Gasteiger partial charge on any atom is -0.481 e. The largest absolute Gasteiger partial charge is 0.481 e. The Labute approximate surface area is 312 Å². The molecule has 4 aromatic rings. The molecule has 0 spiro atoms. The smallest absolute Gasteiger partial charge is 0.407 e. The Hall–Kier alpha value is -6.32. The molecule has 0 saturated carbocycles. The van der Waals surface area contributed by atoms with E-state index >= 15 is 0 Å². The molecular formula is C38H46N6O10. The van der Waals surface area contributed by atoms with E-state index in [4.69, 9.17) is 9.84 Å². The zero-order valence-electron chi connectivity index (χ0n) is 30.5. The van der Waals surface area contributed by atoms with Crippen molar-refractivity contribution >= 4 is 69.1 Å². The van der Waals surface area contributed by atoms with Gasteiger partial charge in [0.15, 0.2) is 0 Å². The van der Waals surface area contributed by atoms with Crippen molar-refractivity contribution in [3.05, 3.63) is 73.1 Å². The number of nitrogens with zero attached hydrogens (tertiary/aromatic N) is 2. The highest BCUT2D eigenvalue weighted by Gasteiger charge is 2.23. The molecule has 2 atom stereocenters. The van der Waals surface area contributed by atoms with Crippen LogP contribution >= 0.6 is 0 Å². The third-order valence-electron chi connectivity index (χ3n) is 7.93. The van der Waals surface area contributed by atoms with E-state index in [1.807, 2.05) is 36.4 Å². The summed E-state index contributed by atoms with van der Waals surface area (Å²) in [5.41, 5.74) is 2.41. The van der Waals surface area contributed by atoms with E-state index in [1.54, 1.807) is 43.6 Å². The summed E-state index contributed by atoms with van der Waals surface area (Å²) in [4.78, 5) is 79.1. The third-order valence-corrected chi connectivity index (χ3v) is 7.93. The van der Waals surface area contributed by atoms with Crippen molar-refractivity contribution in [2.45, 2.75) is 70.4 Å². The number of anilines is 2. The number of esters is 1. The number of unbranched alkanes of at least 4 members (excludes halogenated alkanes) is 2. The van der Waals surface area contributed by atoms with E-state index < -0.39 is 36.1 Å². The number of aliphatic carboxylic acids is 1. The number of fused-ring (bicyclic) bond motifs is 2. The Balaban J connectivity index is 0.000000291. The van der Waals surface area contributed by atoms with E-state index in [1.165, 1.54) is 14.2 Å². The van der Waals surface area contributed by atoms with Crippen LogP contribution in [-0.4, -0.2) is 83.9 Å². The van der Waals surface area contributed by atoms with Crippen LogP contribution in [0.5, 0.6) is 0 Å². The number of rotatable bonds is 17. The van der Waals surface area contributed by atoms with Crippen LogP contribution in [-0.2, 0) is 33.4 Å². The van der Waals surface area contributed by atoms with Gasteiger partial charge in [-0.1, -0.05) is 49.2 Å². The minimum atomic E-state index is -0.895. The number of carboxylic acid groups (broad SMARTS) is 1. The molecule has 2 aromatic carbocycles. The monoisotopic (exact) mass is 746 g/mol. The number of nitrogens with one attached hydrogen (secondary N) is 4. The second kappa shape index (κ2) is 22.6. The van der Waals surface area contributed by atoms with Gasteiger partial charge in [0.25, 0.3) is 0 Å². The fourth-order valence-electron chi connectivity index (χ4n) is 5.27. The summed E-state index contributed by atoms with van der Waals surface area (Å²) in [5.74, 6) is -1.96. The van der Waals surface area contributed by atoms with Crippen LogP contribution in [0.25, 0.3) is 21.8 Å². The van der Waals surface area contributed by atoms with Crippen LogP contribution in [0.15, 0.2) is 73.1 Å². The maximum Gasteiger partial charge on any atom is 0.407 e. The van der Waals surface area contributed by atoms with Gasteiger partial charge in [0.1, 0.15) is 12.1 Å². The highest BCUT2D eigenvalue weighted by molar-refractivity contribution is 6.04. The average Bonchev–Trinajstić information content (AvgIpc) is 3.17. The maximum atomic E-state index is 12.7. The number of para-hydroxylation sites is 2. The average molecular weight is 747 g/mol. The van der Waals surface area contributed by atoms with Gasteiger partial charge in [0, 0.05) is 36.0 Å². The number of carbonyl (C=O) groups is 6. The second-order valence-electron chi connectivity index (χ2n) is 11.8. The lowest BCUT2D eigenvalue weighted by molar-refractivity contribution is -0.143. The van der Waals surface area contributed by atoms with Crippen LogP contribution in [0.3, 0.4) is 0 Å². The van der Waals surface area contributed by atoms with Gasteiger partial charge < -0.3 is 40.6 Å². The van der Waals surface area contributed by atoms with Crippen molar-refractivity contribution in [3.63, 3.8) is 0 Å². The predicted molar refractivity (Wildman–Crippen MR) is 201 cm³/mol. The topological polar surface area (TPSA) is 224 Å². The van der Waals surface area contributed by atoms with E-state index in [9.17, 15) is 28.8 Å². The van der Waals surface area contributed by atoms with Crippen molar-refractivity contribution in [3.8, 4) is 0 Å². The van der Waals surface area contributed by atoms with Crippen molar-refractivity contribution < 1.29 is 48.1 Å². The molecule has 0 aliphatic heterocycles. The number of benzene rings is 2. The van der Waals surface area contributed by atoms with E-state index in [0.29, 0.717) is 67.5 Å². The van der Waals surface area contributed by atoms with E-state index in [2.05, 4.69) is 40.7 Å². The van der Waals surface area contributed by atoms with Crippen molar-refractivity contribution in [2.75, 3.05) is 31.5 Å². The fraction of sp³-hybridized carbons (Fsp3) is 0.368. The molecule has 0 radical (unpaired) electrons. The molecule has 2 unspecified atom stereocenters. The number of methoxy groups -OCH3 is 2. The molecule has 2 aromatic heterocycles. The summed E-state index contributed by atoms with van der Waals surface area (Å²) in [6.45, 7) is 2.09. The third kappa shape index (κ3) is 14.0. The van der Waals surface area contributed by atoms with Gasteiger partial charge in [-0.05, 0) is 56.9 Å². The predicted octanol–water partition coefficient (Wildman–Crippen LogP) is 5.56. The van der Waals surface area contributed by atoms with E-state index in [0.717, 1.165) is 10.8 Å². The summed E-state index contributed by atoms with van der Waals surface area (Å²) < 4.78 is 14.1. The fourth-order valence-corrected chi connectivity index (χ4v) is 5.27. The van der Waals surface area contributed by atoms with Gasteiger partial charge >= 0.3 is 24.1 Å². The first kappa shape index (κ1) is 42.1. The number of pyridine rings is 2. The van der Waals surface area contributed by atoms with Crippen LogP contribution in [0.2, 0.25) is 0 Å². The molecule has 4 amide bonds. The molecule has 4 rings (SSSR count). The quantitative estimate of drug-likeness (QED) is 0.0509. The van der Waals surface area contributed by atoms with Gasteiger partial charge in [-0.25, -0.2) is 9.59 Å². The standard InChI is InChI=1S/C20H25N3O5.C18H21N3O5/c1-3-28-17(24)12-5-4-10-16(23-20(26)27-2)19(25)22-15-11-6-8-14-9-7-13-21-18(14)15;1-26-18(25)21-14(8-2-3-10-15(22)23)17(24)20-13-9-4-6-12-7-5-11-19-16(12)13/h6-9,11,13,16H,3-5,10,12H2,1-2H3,(H,22,25)(H,23,26);4-7,9,11,14H,2-3,8,10H2,1H3,(H,20,24)(H,21,25)(H,22,23). The summed E-state index contributed by atoms with van der Waals surface area (Å²) in [7, 11) is 2.45. The number of alkyl carbamates (subject to hydrolysis) is 2. The summed E-state index contributed by atoms with van der Waals surface area (Å²) >= 11 is 0. The Kier molecular flexibility index (Phi) is 17.6. The first-order valence-corrected chi connectivity index (χ1v) is 17.4. The van der Waals surface area contributed by atoms with Gasteiger partial charge in [0.05, 0.1) is 43.2 Å². The van der Waals surface area contributed by atoms with Crippen LogP contribution in [0.1, 0.15) is 58.3 Å². The Morgan fingerprint density at radius 3 is 1.52 bits per heavy atom. The zero-order chi connectivity index (χ0) is 39.3. The maximum absolute atomic E-state index is 12.7. The number of hydrogen-bond acceptors (Lipinski definition) is 11. The normalized spacial score (nSPS) is 11.5. The lowest BCUT2D eigenvalue weighted by Gasteiger charge is -2.18. The Bertz CT molecular complexity index is 1880. The molecule has 16 heteroatoms. The molecule has 0 fully saturated rings. The number of aromatic nitrogens is 2. The highest BCUT2D eigenvalue weighted by Crippen LogP contribution is 2.22. The molecule has 288 valence electrons. The summed E-state index contributed by atoms with van der Waals surface area (Å²) in [5, 5.41) is 21.1. The molecule has 54 heavy (non-hydrogen) atoms. The lowest BCUT2D eigenvalue weighted by Crippen LogP contribution is -2.43. The number of carbonyl (C=O) groups excluding carboxylic acids is 5. The van der Waals surface area contributed by atoms with Crippen LogP contribution in [0.4, 0.5) is 21.0 Å². The Morgan fingerprint density at radius 1 is 0.648 bits per heavy atom. The summed E-state index contributed by atoms with van der Waals surface area (Å²) in [6, 6.07) is 16.7. The van der Waals surface area contributed by atoms with Gasteiger partial charge in [-0.3, -0.25) is 29.1 Å². The molecule has 0 aliphatic rings. The first-order valence-electron chi connectivity index (χ1n) is 17.4. The minimum absolute atomic E-state index is 0.0137. The number of hydrogen-bond donors (Lipinski definition) is 5. The number of carboxylic acids is 1. The molecule has 0 saturated heterocycles. The zero-order valence-corrected chi connectivity index (χ0v) is 30.5. The second-order valence-corrected chi connectivity index (χ2v) is 11.8. The molecule has 16 nitrogen and oxygen atoms in total. The summed E-state index contributed by atoms with van der Waals surface area (Å²) in [6.07, 6.45) is 4.82. The molecule has 0 aliphatic carbocycles. The van der Waals surface area contributed by atoms with Crippen LogP contribution in [0, 0.1) is 0 Å².